The maximum atomic E-state index is 13.0. The fourth-order valence-corrected chi connectivity index (χ4v) is 3.86. The van der Waals surface area contributed by atoms with Crippen molar-refractivity contribution in [2.75, 3.05) is 7.11 Å². The summed E-state index contributed by atoms with van der Waals surface area (Å²) in [5, 5.41) is 11.1. The van der Waals surface area contributed by atoms with Crippen LogP contribution in [0.1, 0.15) is 30.5 Å². The monoisotopic (exact) mass is 440 g/mol. The number of hydrogen-bond acceptors (Lipinski definition) is 5. The lowest BCUT2D eigenvalue weighted by molar-refractivity contribution is -0.111. The highest BCUT2D eigenvalue weighted by Gasteiger charge is 2.19. The normalized spacial score (nSPS) is 12.0. The predicted octanol–water partition coefficient (Wildman–Crippen LogP) is 3.68. The van der Waals surface area contributed by atoms with E-state index in [4.69, 9.17) is 22.1 Å². The summed E-state index contributed by atoms with van der Waals surface area (Å²) in [6.45, 7) is 3.12. The number of fused-ring (bicyclic) bond motifs is 1. The van der Waals surface area contributed by atoms with Crippen LogP contribution < -0.4 is 16.0 Å². The molecule has 0 unspecified atom stereocenters. The Bertz CT molecular complexity index is 1220. The molecular formula is C24H25ClN2O4. The number of nitrogens with two attached hydrogens (primary N) is 1. The predicted molar refractivity (Wildman–Crippen MR) is 123 cm³/mol. The zero-order valence-corrected chi connectivity index (χ0v) is 18.5. The Kier molecular flexibility index (Phi) is 6.83. The third-order valence-corrected chi connectivity index (χ3v) is 5.46. The number of benzene rings is 2. The van der Waals surface area contributed by atoms with Crippen LogP contribution >= 0.6 is 11.6 Å². The molecule has 3 N–H and O–H groups in total. The lowest BCUT2D eigenvalue weighted by atomic mass is 9.97. The average Bonchev–Trinajstić information content (AvgIpc) is 2.73. The zero-order valence-electron chi connectivity index (χ0n) is 17.7. The van der Waals surface area contributed by atoms with Gasteiger partial charge in [-0.2, -0.15) is 0 Å². The van der Waals surface area contributed by atoms with Gasteiger partial charge in [0.2, 0.25) is 0 Å². The molecule has 3 rings (SSSR count). The number of aliphatic hydroxyl groups is 1. The third-order valence-electron chi connectivity index (χ3n) is 5.21. The van der Waals surface area contributed by atoms with E-state index in [1.54, 1.807) is 29.7 Å². The van der Waals surface area contributed by atoms with Crippen LogP contribution in [0, 0.1) is 0 Å². The van der Waals surface area contributed by atoms with Crippen molar-refractivity contribution in [3.63, 3.8) is 0 Å². The fraction of sp³-hybridized carbons (Fsp3) is 0.250. The first kappa shape index (κ1) is 22.6. The SMILES string of the molecule is COc1cc2c(cc1C(C(C)=O)=C(C)N)cc(CO)c(=O)n2CCc1ccc(Cl)cc1. The molecule has 31 heavy (non-hydrogen) atoms. The van der Waals surface area contributed by atoms with Gasteiger partial charge in [0.1, 0.15) is 5.75 Å². The molecule has 162 valence electrons. The summed E-state index contributed by atoms with van der Waals surface area (Å²) >= 11 is 5.96. The van der Waals surface area contributed by atoms with Crippen molar-refractivity contribution in [2.45, 2.75) is 33.4 Å². The van der Waals surface area contributed by atoms with Gasteiger partial charge in [-0.15, -0.1) is 0 Å². The highest BCUT2D eigenvalue weighted by molar-refractivity contribution is 6.30. The number of aryl methyl sites for hydroxylation is 2. The fourth-order valence-electron chi connectivity index (χ4n) is 3.74. The van der Waals surface area contributed by atoms with Crippen molar-refractivity contribution in [3.8, 4) is 5.75 Å². The molecule has 1 heterocycles. The van der Waals surface area contributed by atoms with Gasteiger partial charge in [-0.3, -0.25) is 9.59 Å². The minimum atomic E-state index is -0.387. The standard InChI is InChI=1S/C24H25ClN2O4/c1-14(26)23(15(2)29)20-11-17-10-18(13-28)24(30)27(21(17)12-22(20)31-3)9-8-16-4-6-19(25)7-5-16/h4-7,10-12,28H,8-9,13,26H2,1-3H3. The Hall–Kier alpha value is -3.09. The second-order valence-corrected chi connectivity index (χ2v) is 7.82. The first-order valence-corrected chi connectivity index (χ1v) is 10.2. The van der Waals surface area contributed by atoms with Crippen LogP contribution in [0.3, 0.4) is 0 Å². The molecular weight excluding hydrogens is 416 g/mol. The van der Waals surface area contributed by atoms with Crippen molar-refractivity contribution < 1.29 is 14.6 Å². The summed E-state index contributed by atoms with van der Waals surface area (Å²) in [6, 6.07) is 12.6. The number of aliphatic hydroxyl groups excluding tert-OH is 1. The summed E-state index contributed by atoms with van der Waals surface area (Å²) in [4.78, 5) is 25.2. The minimum Gasteiger partial charge on any atom is -0.496 e. The molecule has 0 spiro atoms. The molecule has 7 heteroatoms. The maximum absolute atomic E-state index is 13.0. The average molecular weight is 441 g/mol. The highest BCUT2D eigenvalue weighted by atomic mass is 35.5. The largest absolute Gasteiger partial charge is 0.496 e. The molecule has 0 saturated carbocycles. The lowest BCUT2D eigenvalue weighted by Crippen LogP contribution is -2.25. The molecule has 0 aliphatic heterocycles. The Morgan fingerprint density at radius 2 is 1.84 bits per heavy atom. The summed E-state index contributed by atoms with van der Waals surface area (Å²) in [5.74, 6) is 0.259. The number of carbonyl (C=O) groups is 1. The van der Waals surface area contributed by atoms with E-state index in [1.165, 1.54) is 14.0 Å². The highest BCUT2D eigenvalue weighted by Crippen LogP contribution is 2.32. The Balaban J connectivity index is 2.20. The molecule has 3 aromatic rings. The number of Topliss-reactive ketones (excluding diaryl/α,β-unsaturated/α-hetero) is 1. The van der Waals surface area contributed by atoms with E-state index in [-0.39, 0.29) is 23.5 Å². The van der Waals surface area contributed by atoms with Crippen molar-refractivity contribution >= 4 is 33.9 Å². The maximum Gasteiger partial charge on any atom is 0.256 e. The zero-order chi connectivity index (χ0) is 22.7. The number of pyridine rings is 1. The van der Waals surface area contributed by atoms with Crippen LogP contribution in [0.25, 0.3) is 16.5 Å². The lowest BCUT2D eigenvalue weighted by Gasteiger charge is -2.17. The number of ether oxygens (including phenoxy) is 1. The van der Waals surface area contributed by atoms with Gasteiger partial charge in [-0.1, -0.05) is 23.7 Å². The van der Waals surface area contributed by atoms with E-state index in [0.29, 0.717) is 51.5 Å². The number of methoxy groups -OCH3 is 1. The Labute approximate surface area is 185 Å². The van der Waals surface area contributed by atoms with Crippen molar-refractivity contribution in [1.29, 1.82) is 0 Å². The first-order valence-electron chi connectivity index (χ1n) is 9.84. The molecule has 6 nitrogen and oxygen atoms in total. The van der Waals surface area contributed by atoms with Crippen molar-refractivity contribution in [3.05, 3.63) is 80.2 Å². The molecule has 0 aliphatic rings. The second kappa shape index (κ2) is 9.37. The van der Waals surface area contributed by atoms with Gasteiger partial charge in [0.25, 0.3) is 5.56 Å². The number of hydrogen-bond donors (Lipinski definition) is 2. The van der Waals surface area contributed by atoms with Gasteiger partial charge in [0, 0.05) is 40.0 Å². The van der Waals surface area contributed by atoms with Gasteiger partial charge in [0.05, 0.1) is 19.2 Å². The smallest absolute Gasteiger partial charge is 0.256 e. The van der Waals surface area contributed by atoms with E-state index in [2.05, 4.69) is 0 Å². The van der Waals surface area contributed by atoms with Crippen LogP contribution in [0.4, 0.5) is 0 Å². The summed E-state index contributed by atoms with van der Waals surface area (Å²) < 4.78 is 7.16. The Morgan fingerprint density at radius 3 is 2.39 bits per heavy atom. The van der Waals surface area contributed by atoms with Crippen LogP contribution in [-0.4, -0.2) is 22.6 Å². The molecule has 0 bridgehead atoms. The van der Waals surface area contributed by atoms with Crippen LogP contribution in [0.2, 0.25) is 5.02 Å². The van der Waals surface area contributed by atoms with Crippen LogP contribution in [0.15, 0.2) is 53.0 Å². The van der Waals surface area contributed by atoms with Gasteiger partial charge >= 0.3 is 0 Å². The number of aromatic nitrogens is 1. The van der Waals surface area contributed by atoms with Gasteiger partial charge in [-0.05, 0) is 55.5 Å². The van der Waals surface area contributed by atoms with Gasteiger partial charge in [-0.25, -0.2) is 0 Å². The van der Waals surface area contributed by atoms with E-state index < -0.39 is 0 Å². The summed E-state index contributed by atoms with van der Waals surface area (Å²) in [6.07, 6.45) is 0.603. The van der Waals surface area contributed by atoms with E-state index in [9.17, 15) is 14.7 Å². The van der Waals surface area contributed by atoms with E-state index >= 15 is 0 Å². The second-order valence-electron chi connectivity index (χ2n) is 7.39. The number of ketones is 1. The number of halogens is 1. The van der Waals surface area contributed by atoms with Gasteiger partial charge in [0.15, 0.2) is 5.78 Å². The molecule has 0 atom stereocenters. The molecule has 0 fully saturated rings. The quantitative estimate of drug-likeness (QED) is 0.546. The number of nitrogens with zero attached hydrogens (tertiary/aromatic N) is 1. The van der Waals surface area contributed by atoms with E-state index in [0.717, 1.165) is 5.56 Å². The first-order chi connectivity index (χ1) is 14.8. The summed E-state index contributed by atoms with van der Waals surface area (Å²) in [5.41, 5.74) is 8.95. The van der Waals surface area contributed by atoms with Crippen molar-refractivity contribution in [2.24, 2.45) is 5.73 Å². The molecule has 2 aromatic carbocycles. The van der Waals surface area contributed by atoms with Crippen molar-refractivity contribution in [1.82, 2.24) is 4.57 Å². The summed E-state index contributed by atoms with van der Waals surface area (Å²) in [7, 11) is 1.51. The third kappa shape index (κ3) is 4.65. The molecule has 0 saturated heterocycles. The topological polar surface area (TPSA) is 94.6 Å². The van der Waals surface area contributed by atoms with Gasteiger partial charge < -0.3 is 20.1 Å². The molecule has 0 aliphatic carbocycles. The molecule has 0 radical (unpaired) electrons. The van der Waals surface area contributed by atoms with Crippen LogP contribution in [0.5, 0.6) is 5.75 Å². The van der Waals surface area contributed by atoms with E-state index in [1.807, 2.05) is 24.3 Å². The Morgan fingerprint density at radius 1 is 1.16 bits per heavy atom. The number of carbonyl (C=O) groups excluding carboxylic acids is 1. The van der Waals surface area contributed by atoms with Crippen LogP contribution in [-0.2, 0) is 24.4 Å². The molecule has 0 amide bonds. The minimum absolute atomic E-state index is 0.184. The molecule has 1 aromatic heterocycles. The number of allylic oxidation sites excluding steroid dienone is 2. The number of rotatable bonds is 7.